The summed E-state index contributed by atoms with van der Waals surface area (Å²) in [5.41, 5.74) is 6.77. The van der Waals surface area contributed by atoms with Crippen LogP contribution in [0.25, 0.3) is 0 Å². The first-order valence-electron chi connectivity index (χ1n) is 7.73. The van der Waals surface area contributed by atoms with Crippen LogP contribution in [0.5, 0.6) is 0 Å². The van der Waals surface area contributed by atoms with Gasteiger partial charge in [0, 0.05) is 19.5 Å². The lowest BCUT2D eigenvalue weighted by molar-refractivity contribution is -0.133. The molecular weight excluding hydrogens is 284 g/mol. The van der Waals surface area contributed by atoms with Crippen LogP contribution in [0, 0.1) is 5.92 Å². The van der Waals surface area contributed by atoms with Gasteiger partial charge in [-0.15, -0.1) is 12.4 Å². The molecule has 0 unspecified atom stereocenters. The first-order valence-corrected chi connectivity index (χ1v) is 7.73. The van der Waals surface area contributed by atoms with Crippen molar-refractivity contribution in [1.29, 1.82) is 0 Å². The van der Waals surface area contributed by atoms with Crippen molar-refractivity contribution in [3.8, 4) is 0 Å². The fourth-order valence-electron chi connectivity index (χ4n) is 2.33. The number of nitrogens with two attached hydrogens (primary N) is 1. The number of carbonyl (C=O) groups is 1. The number of hydrogen-bond acceptors (Lipinski definition) is 2. The van der Waals surface area contributed by atoms with Gasteiger partial charge in [-0.25, -0.2) is 0 Å². The maximum absolute atomic E-state index is 12.5. The summed E-state index contributed by atoms with van der Waals surface area (Å²) in [7, 11) is 0. The minimum Gasteiger partial charge on any atom is -0.338 e. The van der Waals surface area contributed by atoms with Crippen LogP contribution in [0.1, 0.15) is 45.1 Å². The Labute approximate surface area is 135 Å². The fraction of sp³-hybridized carbons (Fsp3) is 0.588. The van der Waals surface area contributed by atoms with Crippen LogP contribution in [0.4, 0.5) is 0 Å². The molecule has 0 saturated carbocycles. The van der Waals surface area contributed by atoms with E-state index in [9.17, 15) is 4.79 Å². The van der Waals surface area contributed by atoms with Gasteiger partial charge in [-0.05, 0) is 24.4 Å². The Bertz CT molecular complexity index is 380. The number of nitrogens with zero attached hydrogens (tertiary/aromatic N) is 1. The monoisotopic (exact) mass is 312 g/mol. The van der Waals surface area contributed by atoms with Crippen molar-refractivity contribution in [1.82, 2.24) is 4.90 Å². The molecule has 1 rings (SSSR count). The second-order valence-corrected chi connectivity index (χ2v) is 5.33. The van der Waals surface area contributed by atoms with Gasteiger partial charge >= 0.3 is 0 Å². The van der Waals surface area contributed by atoms with Gasteiger partial charge < -0.3 is 10.6 Å². The Balaban J connectivity index is 0.00000400. The number of rotatable bonds is 9. The van der Waals surface area contributed by atoms with Crippen LogP contribution < -0.4 is 5.73 Å². The zero-order valence-corrected chi connectivity index (χ0v) is 14.1. The molecule has 21 heavy (non-hydrogen) atoms. The molecule has 0 saturated heterocycles. The summed E-state index contributed by atoms with van der Waals surface area (Å²) in [6.45, 7) is 6.39. The van der Waals surface area contributed by atoms with Crippen LogP contribution in [0.15, 0.2) is 30.3 Å². The molecule has 0 spiro atoms. The summed E-state index contributed by atoms with van der Waals surface area (Å²) in [5.74, 6) is 0.759. The number of hydrogen-bond donors (Lipinski definition) is 1. The summed E-state index contributed by atoms with van der Waals surface area (Å²) >= 11 is 0. The molecule has 0 aliphatic heterocycles. The Morgan fingerprint density at radius 3 is 2.33 bits per heavy atom. The molecule has 120 valence electrons. The van der Waals surface area contributed by atoms with Crippen LogP contribution in [0.3, 0.4) is 0 Å². The predicted octanol–water partition coefficient (Wildman–Crippen LogP) is 3.61. The maximum Gasteiger partial charge on any atom is 0.223 e. The topological polar surface area (TPSA) is 46.3 Å². The van der Waals surface area contributed by atoms with E-state index in [-0.39, 0.29) is 18.3 Å². The highest BCUT2D eigenvalue weighted by Crippen LogP contribution is 2.16. The third kappa shape index (κ3) is 7.49. The smallest absolute Gasteiger partial charge is 0.223 e. The highest BCUT2D eigenvalue weighted by molar-refractivity contribution is 5.85. The van der Waals surface area contributed by atoms with Crippen molar-refractivity contribution in [3.05, 3.63) is 35.9 Å². The first kappa shape index (κ1) is 19.9. The van der Waals surface area contributed by atoms with Crippen LogP contribution in [0.2, 0.25) is 0 Å². The third-order valence-electron chi connectivity index (χ3n) is 3.82. The largest absolute Gasteiger partial charge is 0.338 e. The lowest BCUT2D eigenvalue weighted by Gasteiger charge is -2.24. The molecule has 1 amide bonds. The highest BCUT2D eigenvalue weighted by atomic mass is 35.5. The summed E-state index contributed by atoms with van der Waals surface area (Å²) in [4.78, 5) is 14.4. The number of amides is 1. The Hall–Kier alpha value is -1.06. The summed E-state index contributed by atoms with van der Waals surface area (Å²) in [6.07, 6.45) is 3.66. The van der Waals surface area contributed by atoms with Crippen LogP contribution >= 0.6 is 12.4 Å². The second-order valence-electron chi connectivity index (χ2n) is 5.33. The fourth-order valence-corrected chi connectivity index (χ4v) is 2.33. The van der Waals surface area contributed by atoms with Crippen molar-refractivity contribution in [3.63, 3.8) is 0 Å². The van der Waals surface area contributed by atoms with E-state index in [1.54, 1.807) is 0 Å². The molecule has 0 aromatic heterocycles. The Kier molecular flexibility index (Phi) is 11.0. The molecule has 1 aromatic carbocycles. The van der Waals surface area contributed by atoms with E-state index in [4.69, 9.17) is 5.73 Å². The van der Waals surface area contributed by atoms with Gasteiger partial charge in [-0.1, -0.05) is 57.0 Å². The molecule has 0 aliphatic carbocycles. The molecular formula is C17H29ClN2O. The molecule has 0 heterocycles. The lowest BCUT2D eigenvalue weighted by Crippen LogP contribution is -2.33. The van der Waals surface area contributed by atoms with E-state index >= 15 is 0 Å². The molecule has 0 fully saturated rings. The Morgan fingerprint density at radius 2 is 1.81 bits per heavy atom. The SMILES string of the molecule is CCC(CC)CC(=O)N(CCCN)Cc1ccccc1.Cl. The molecule has 2 N–H and O–H groups in total. The standard InChI is InChI=1S/C17H28N2O.ClH/c1-3-15(4-2)13-17(20)19(12-8-11-18)14-16-9-6-5-7-10-16;/h5-7,9-10,15H,3-4,8,11-14,18H2,1-2H3;1H. The van der Waals surface area contributed by atoms with Crippen LogP contribution in [-0.2, 0) is 11.3 Å². The van der Waals surface area contributed by atoms with Gasteiger partial charge in [0.2, 0.25) is 5.91 Å². The van der Waals surface area contributed by atoms with Crippen molar-refractivity contribution >= 4 is 18.3 Å². The minimum atomic E-state index is 0. The number of benzene rings is 1. The Morgan fingerprint density at radius 1 is 1.19 bits per heavy atom. The number of carbonyl (C=O) groups excluding carboxylic acids is 1. The molecule has 0 aliphatic rings. The lowest BCUT2D eigenvalue weighted by atomic mass is 9.98. The molecule has 4 heteroatoms. The first-order chi connectivity index (χ1) is 9.71. The molecule has 0 radical (unpaired) electrons. The van der Waals surface area contributed by atoms with E-state index in [0.717, 1.165) is 25.8 Å². The van der Waals surface area contributed by atoms with E-state index in [1.165, 1.54) is 5.56 Å². The van der Waals surface area contributed by atoms with Gasteiger partial charge in [0.25, 0.3) is 0 Å². The molecule has 0 bridgehead atoms. The van der Waals surface area contributed by atoms with Gasteiger partial charge in [0.05, 0.1) is 0 Å². The summed E-state index contributed by atoms with van der Waals surface area (Å²) in [6, 6.07) is 10.2. The van der Waals surface area contributed by atoms with Gasteiger partial charge in [0.1, 0.15) is 0 Å². The molecule has 0 atom stereocenters. The van der Waals surface area contributed by atoms with E-state index in [0.29, 0.717) is 25.4 Å². The average Bonchev–Trinajstić information content (AvgIpc) is 2.49. The normalized spacial score (nSPS) is 10.3. The quantitative estimate of drug-likeness (QED) is 0.757. The maximum atomic E-state index is 12.5. The van der Waals surface area contributed by atoms with E-state index in [2.05, 4.69) is 26.0 Å². The van der Waals surface area contributed by atoms with Gasteiger partial charge in [0.15, 0.2) is 0 Å². The van der Waals surface area contributed by atoms with Crippen molar-refractivity contribution in [2.75, 3.05) is 13.1 Å². The third-order valence-corrected chi connectivity index (χ3v) is 3.82. The average molecular weight is 313 g/mol. The minimum absolute atomic E-state index is 0. The van der Waals surface area contributed by atoms with Crippen molar-refractivity contribution in [2.24, 2.45) is 11.7 Å². The second kappa shape index (κ2) is 11.6. The zero-order chi connectivity index (χ0) is 14.8. The number of halogens is 1. The molecule has 3 nitrogen and oxygen atoms in total. The predicted molar refractivity (Wildman–Crippen MR) is 91.5 cm³/mol. The zero-order valence-electron chi connectivity index (χ0n) is 13.3. The van der Waals surface area contributed by atoms with E-state index < -0.39 is 0 Å². The highest BCUT2D eigenvalue weighted by Gasteiger charge is 2.17. The summed E-state index contributed by atoms with van der Waals surface area (Å²) < 4.78 is 0. The molecule has 1 aromatic rings. The van der Waals surface area contributed by atoms with Gasteiger partial charge in [-0.2, -0.15) is 0 Å². The van der Waals surface area contributed by atoms with Crippen molar-refractivity contribution < 1.29 is 4.79 Å². The van der Waals surface area contributed by atoms with E-state index in [1.807, 2.05) is 23.1 Å². The van der Waals surface area contributed by atoms with Gasteiger partial charge in [-0.3, -0.25) is 4.79 Å². The van der Waals surface area contributed by atoms with Crippen LogP contribution in [-0.4, -0.2) is 23.9 Å². The summed E-state index contributed by atoms with van der Waals surface area (Å²) in [5, 5.41) is 0. The van der Waals surface area contributed by atoms with Crippen molar-refractivity contribution in [2.45, 2.75) is 46.1 Å².